The number of halogens is 2. The van der Waals surface area contributed by atoms with Gasteiger partial charge in [0.2, 0.25) is 0 Å². The van der Waals surface area contributed by atoms with Gasteiger partial charge in [0.25, 0.3) is 0 Å². The summed E-state index contributed by atoms with van der Waals surface area (Å²) in [5, 5.41) is -0.151. The maximum atomic E-state index is 14.5. The number of hydrogen-bond acceptors (Lipinski definition) is 4. The smallest absolute Gasteiger partial charge is 0.301 e. The van der Waals surface area contributed by atoms with Crippen molar-refractivity contribution in [2.45, 2.75) is 27.2 Å². The maximum absolute atomic E-state index is 14.5. The van der Waals surface area contributed by atoms with Gasteiger partial charge in [-0.2, -0.15) is 12.7 Å². The van der Waals surface area contributed by atoms with Crippen molar-refractivity contribution in [1.29, 1.82) is 0 Å². The summed E-state index contributed by atoms with van der Waals surface area (Å²) in [6, 6.07) is 5.90. The fourth-order valence-corrected chi connectivity index (χ4v) is 4.23. The van der Waals surface area contributed by atoms with Gasteiger partial charge in [-0.25, -0.2) is 4.39 Å². The summed E-state index contributed by atoms with van der Waals surface area (Å²) in [4.78, 5) is 4.44. The molecule has 6 nitrogen and oxygen atoms in total. The van der Waals surface area contributed by atoms with Crippen molar-refractivity contribution in [1.82, 2.24) is 4.31 Å². The van der Waals surface area contributed by atoms with Gasteiger partial charge in [-0.3, -0.25) is 9.71 Å². The van der Waals surface area contributed by atoms with E-state index in [1.54, 1.807) is 13.0 Å². The number of benzene rings is 2. The molecular weight excluding hydrogens is 417 g/mol. The molecule has 29 heavy (non-hydrogen) atoms. The molecule has 0 radical (unpaired) electrons. The highest BCUT2D eigenvalue weighted by Crippen LogP contribution is 2.41. The minimum Gasteiger partial charge on any atom is -0.452 e. The Morgan fingerprint density at radius 1 is 1.34 bits per heavy atom. The van der Waals surface area contributed by atoms with Crippen LogP contribution in [0.1, 0.15) is 25.0 Å². The van der Waals surface area contributed by atoms with Gasteiger partial charge in [0.05, 0.1) is 11.4 Å². The number of nitrogens with zero attached hydrogens (tertiary/aromatic N) is 2. The molecule has 0 fully saturated rings. The summed E-state index contributed by atoms with van der Waals surface area (Å²) in [5.41, 5.74) is 2.79. The zero-order valence-electron chi connectivity index (χ0n) is 16.7. The van der Waals surface area contributed by atoms with E-state index in [0.717, 1.165) is 33.6 Å². The average molecular weight is 440 g/mol. The summed E-state index contributed by atoms with van der Waals surface area (Å²) in [6.45, 7) is 5.92. The van der Waals surface area contributed by atoms with Crippen LogP contribution >= 0.6 is 11.6 Å². The monoisotopic (exact) mass is 439 g/mol. The van der Waals surface area contributed by atoms with E-state index >= 15 is 0 Å². The second-order valence-electron chi connectivity index (χ2n) is 7.01. The molecule has 0 amide bonds. The molecule has 0 bridgehead atoms. The summed E-state index contributed by atoms with van der Waals surface area (Å²) in [7, 11) is -2.38. The van der Waals surface area contributed by atoms with E-state index in [9.17, 15) is 12.8 Å². The fourth-order valence-electron chi connectivity index (χ4n) is 2.99. The highest BCUT2D eigenvalue weighted by Gasteiger charge is 2.22. The molecule has 1 atom stereocenters. The molecule has 0 aliphatic carbocycles. The van der Waals surface area contributed by atoms with Crippen LogP contribution in [0.15, 0.2) is 29.3 Å². The molecule has 0 saturated heterocycles. The van der Waals surface area contributed by atoms with Crippen LogP contribution in [0.5, 0.6) is 11.5 Å². The molecule has 1 aliphatic rings. The number of nitrogens with one attached hydrogen (secondary N) is 1. The zero-order valence-corrected chi connectivity index (χ0v) is 18.2. The Morgan fingerprint density at radius 3 is 2.76 bits per heavy atom. The first-order chi connectivity index (χ1) is 13.6. The molecular formula is C20H23ClFN3O3S. The number of aliphatic imine (C=N–C) groups is 1. The molecule has 1 heterocycles. The zero-order chi connectivity index (χ0) is 21.3. The van der Waals surface area contributed by atoms with Crippen LogP contribution < -0.4 is 9.46 Å². The molecule has 0 spiro atoms. The van der Waals surface area contributed by atoms with Crippen LogP contribution in [-0.4, -0.2) is 32.5 Å². The van der Waals surface area contributed by atoms with E-state index in [2.05, 4.69) is 16.6 Å². The van der Waals surface area contributed by atoms with E-state index in [-0.39, 0.29) is 23.0 Å². The number of fused-ring (bicyclic) bond motifs is 1. The Hall–Kier alpha value is -2.16. The lowest BCUT2D eigenvalue weighted by Crippen LogP contribution is -2.32. The Kier molecular flexibility index (Phi) is 6.16. The highest BCUT2D eigenvalue weighted by atomic mass is 35.5. The summed E-state index contributed by atoms with van der Waals surface area (Å²) in [6.07, 6.45) is 2.71. The van der Waals surface area contributed by atoms with Crippen LogP contribution in [0.25, 0.3) is 0 Å². The average Bonchev–Trinajstić information content (AvgIpc) is 2.68. The van der Waals surface area contributed by atoms with E-state index in [1.807, 2.05) is 19.2 Å². The van der Waals surface area contributed by atoms with Crippen LogP contribution in [0.2, 0.25) is 5.02 Å². The van der Waals surface area contributed by atoms with Crippen molar-refractivity contribution in [2.75, 3.05) is 18.3 Å². The second-order valence-corrected chi connectivity index (χ2v) is 9.16. The minimum absolute atomic E-state index is 0.0391. The first kappa shape index (κ1) is 21.5. The quantitative estimate of drug-likeness (QED) is 0.682. The van der Waals surface area contributed by atoms with E-state index in [4.69, 9.17) is 16.3 Å². The molecule has 9 heteroatoms. The van der Waals surface area contributed by atoms with Crippen molar-refractivity contribution in [3.8, 4) is 11.5 Å². The van der Waals surface area contributed by atoms with Gasteiger partial charge in [0.15, 0.2) is 11.6 Å². The lowest BCUT2D eigenvalue weighted by molar-refractivity contribution is 0.439. The van der Waals surface area contributed by atoms with Crippen LogP contribution in [0.3, 0.4) is 0 Å². The maximum Gasteiger partial charge on any atom is 0.301 e. The third-order valence-electron chi connectivity index (χ3n) is 4.87. The molecule has 0 saturated carbocycles. The number of rotatable bonds is 6. The van der Waals surface area contributed by atoms with Crippen molar-refractivity contribution in [2.24, 2.45) is 10.9 Å². The SMILES string of the molecule is CCN(C)S(=O)(=O)Nc1ccc(F)c(Oc2ccc3c(c2C)CC(C)C=N3)c1Cl. The van der Waals surface area contributed by atoms with Gasteiger partial charge >= 0.3 is 10.2 Å². The van der Waals surface area contributed by atoms with Crippen LogP contribution in [-0.2, 0) is 16.6 Å². The van der Waals surface area contributed by atoms with Crippen LogP contribution in [0, 0.1) is 18.7 Å². The minimum atomic E-state index is -3.81. The standard InChI is InChI=1S/C20H23ClFN3O3S/c1-5-25(4)29(26,27)24-17-7-6-15(22)20(19(17)21)28-18-9-8-16-14(13(18)3)10-12(2)11-23-16/h6-9,11-12,24H,5,10H2,1-4H3. The van der Waals surface area contributed by atoms with Crippen LogP contribution in [0.4, 0.5) is 15.8 Å². The number of hydrogen-bond donors (Lipinski definition) is 1. The Balaban J connectivity index is 1.97. The first-order valence-corrected chi connectivity index (χ1v) is 11.0. The van der Waals surface area contributed by atoms with Crippen molar-refractivity contribution >= 4 is 39.4 Å². The summed E-state index contributed by atoms with van der Waals surface area (Å²) in [5.74, 6) is -0.184. The highest BCUT2D eigenvalue weighted by molar-refractivity contribution is 7.90. The Labute approximate surface area is 175 Å². The van der Waals surface area contributed by atoms with E-state index in [1.165, 1.54) is 13.1 Å². The first-order valence-electron chi connectivity index (χ1n) is 9.20. The molecule has 3 rings (SSSR count). The molecule has 2 aromatic carbocycles. The molecule has 1 unspecified atom stereocenters. The van der Waals surface area contributed by atoms with Crippen molar-refractivity contribution in [3.05, 3.63) is 46.2 Å². The molecule has 156 valence electrons. The Morgan fingerprint density at radius 2 is 2.07 bits per heavy atom. The van der Waals surface area contributed by atoms with Gasteiger partial charge in [-0.05, 0) is 54.7 Å². The predicted molar refractivity (Wildman–Crippen MR) is 115 cm³/mol. The molecule has 1 aliphatic heterocycles. The van der Waals surface area contributed by atoms with E-state index < -0.39 is 16.0 Å². The largest absolute Gasteiger partial charge is 0.452 e. The predicted octanol–water partition coefficient (Wildman–Crippen LogP) is 5.08. The second kappa shape index (κ2) is 8.30. The summed E-state index contributed by atoms with van der Waals surface area (Å²) >= 11 is 6.30. The van der Waals surface area contributed by atoms with Gasteiger partial charge in [0.1, 0.15) is 10.8 Å². The molecule has 0 aromatic heterocycles. The topological polar surface area (TPSA) is 71.0 Å². The van der Waals surface area contributed by atoms with Crippen molar-refractivity contribution in [3.63, 3.8) is 0 Å². The lowest BCUT2D eigenvalue weighted by Gasteiger charge is -2.21. The van der Waals surface area contributed by atoms with Gasteiger partial charge in [-0.1, -0.05) is 25.4 Å². The fraction of sp³-hybridized carbons (Fsp3) is 0.350. The normalized spacial score (nSPS) is 16.0. The lowest BCUT2D eigenvalue weighted by atomic mass is 9.93. The Bertz CT molecular complexity index is 1070. The van der Waals surface area contributed by atoms with E-state index in [0.29, 0.717) is 11.7 Å². The van der Waals surface area contributed by atoms with Gasteiger partial charge < -0.3 is 4.74 Å². The summed E-state index contributed by atoms with van der Waals surface area (Å²) < 4.78 is 48.4. The van der Waals surface area contributed by atoms with Gasteiger partial charge in [-0.15, -0.1) is 0 Å². The molecule has 1 N–H and O–H groups in total. The number of ether oxygens (including phenoxy) is 1. The third-order valence-corrected chi connectivity index (χ3v) is 6.81. The van der Waals surface area contributed by atoms with Gasteiger partial charge in [0, 0.05) is 19.8 Å². The third kappa shape index (κ3) is 4.39. The molecule has 2 aromatic rings. The van der Waals surface area contributed by atoms with Crippen molar-refractivity contribution < 1.29 is 17.5 Å². The number of anilines is 1.